The van der Waals surface area contributed by atoms with Crippen molar-refractivity contribution in [3.05, 3.63) is 124 Å². The molecule has 0 aliphatic heterocycles. The van der Waals surface area contributed by atoms with Gasteiger partial charge in [0.2, 0.25) is 0 Å². The number of aromatic nitrogens is 1. The van der Waals surface area contributed by atoms with Crippen LogP contribution in [0.4, 0.5) is 0 Å². The zero-order valence-electron chi connectivity index (χ0n) is 19.1. The number of benzene rings is 3. The Balaban J connectivity index is 1.75. The van der Waals surface area contributed by atoms with Crippen LogP contribution in [0.25, 0.3) is 11.1 Å². The molecule has 0 spiro atoms. The first-order valence-electron chi connectivity index (χ1n) is 11.0. The van der Waals surface area contributed by atoms with Crippen molar-refractivity contribution in [2.45, 2.75) is 30.2 Å². The minimum Gasteiger partial charge on any atom is -0.265 e. The lowest BCUT2D eigenvalue weighted by molar-refractivity contribution is 0.592. The van der Waals surface area contributed by atoms with E-state index < -0.39 is 15.9 Å². The van der Waals surface area contributed by atoms with Gasteiger partial charge in [0.25, 0.3) is 0 Å². The highest BCUT2D eigenvalue weighted by atomic mass is 32.2. The molecule has 1 aromatic heterocycles. The number of aryl methyl sites for hydroxylation is 1. The summed E-state index contributed by atoms with van der Waals surface area (Å²) in [6.45, 7) is 2.08. The SMILES string of the molecule is Cc1ccccc1C(CC(N=O)c1ccncc1)c1cccc(-c2ccc(S(C)(=O)=O)cc2)c1. The fraction of sp³-hybridized carbons (Fsp3) is 0.179. The van der Waals surface area contributed by atoms with E-state index in [1.807, 2.05) is 48.5 Å². The van der Waals surface area contributed by atoms with Crippen molar-refractivity contribution >= 4 is 9.84 Å². The molecular weight excluding hydrogens is 444 g/mol. The van der Waals surface area contributed by atoms with Gasteiger partial charge < -0.3 is 0 Å². The van der Waals surface area contributed by atoms with E-state index in [1.165, 1.54) is 6.26 Å². The summed E-state index contributed by atoms with van der Waals surface area (Å²) in [6, 6.07) is 26.4. The molecule has 0 radical (unpaired) electrons. The van der Waals surface area contributed by atoms with Crippen LogP contribution in [0.3, 0.4) is 0 Å². The molecule has 34 heavy (non-hydrogen) atoms. The molecule has 0 saturated heterocycles. The monoisotopic (exact) mass is 470 g/mol. The fourth-order valence-corrected chi connectivity index (χ4v) is 4.93. The van der Waals surface area contributed by atoms with Gasteiger partial charge in [0, 0.05) is 24.6 Å². The van der Waals surface area contributed by atoms with Gasteiger partial charge in [-0.05, 0) is 71.0 Å². The van der Waals surface area contributed by atoms with Crippen molar-refractivity contribution in [2.24, 2.45) is 5.18 Å². The summed E-state index contributed by atoms with van der Waals surface area (Å²) in [4.78, 5) is 16.2. The lowest BCUT2D eigenvalue weighted by Crippen LogP contribution is -2.08. The molecule has 2 atom stereocenters. The Morgan fingerprint density at radius 1 is 0.824 bits per heavy atom. The lowest BCUT2D eigenvalue weighted by atomic mass is 9.82. The molecule has 6 heteroatoms. The molecule has 3 aromatic carbocycles. The molecule has 4 aromatic rings. The van der Waals surface area contributed by atoms with Crippen LogP contribution in [-0.2, 0) is 9.84 Å². The van der Waals surface area contributed by atoms with Crippen molar-refractivity contribution in [3.8, 4) is 11.1 Å². The van der Waals surface area contributed by atoms with Crippen LogP contribution in [-0.4, -0.2) is 19.7 Å². The molecule has 0 saturated carbocycles. The quantitative estimate of drug-likeness (QED) is 0.276. The van der Waals surface area contributed by atoms with Crippen LogP contribution in [0.1, 0.15) is 40.6 Å². The predicted molar refractivity (Wildman–Crippen MR) is 135 cm³/mol. The van der Waals surface area contributed by atoms with Crippen LogP contribution in [0, 0.1) is 11.8 Å². The molecule has 0 fully saturated rings. The van der Waals surface area contributed by atoms with Crippen molar-refractivity contribution in [3.63, 3.8) is 0 Å². The Morgan fingerprint density at radius 2 is 1.53 bits per heavy atom. The lowest BCUT2D eigenvalue weighted by Gasteiger charge is -2.23. The third-order valence-electron chi connectivity index (χ3n) is 6.15. The Morgan fingerprint density at radius 3 is 2.18 bits per heavy atom. The van der Waals surface area contributed by atoms with E-state index in [-0.39, 0.29) is 5.92 Å². The first kappa shape index (κ1) is 23.5. The third-order valence-corrected chi connectivity index (χ3v) is 7.27. The summed E-state index contributed by atoms with van der Waals surface area (Å²) in [5.74, 6) is -0.0488. The maximum absolute atomic E-state index is 11.9. The summed E-state index contributed by atoms with van der Waals surface area (Å²) < 4.78 is 23.6. The summed E-state index contributed by atoms with van der Waals surface area (Å²) in [7, 11) is -3.25. The molecule has 0 N–H and O–H groups in total. The number of nitrogens with zero attached hydrogens (tertiary/aromatic N) is 2. The average molecular weight is 471 g/mol. The number of rotatable bonds is 8. The molecule has 172 valence electrons. The Labute approximate surface area is 200 Å². The zero-order valence-corrected chi connectivity index (χ0v) is 19.9. The molecule has 0 amide bonds. The largest absolute Gasteiger partial charge is 0.265 e. The van der Waals surface area contributed by atoms with E-state index in [0.717, 1.165) is 33.4 Å². The normalized spacial score (nSPS) is 13.2. The van der Waals surface area contributed by atoms with Crippen LogP contribution < -0.4 is 0 Å². The van der Waals surface area contributed by atoms with Gasteiger partial charge in [-0.1, -0.05) is 65.8 Å². The molecule has 1 heterocycles. The number of nitroso groups, excluding NO2 is 1. The Bertz CT molecular complexity index is 1380. The van der Waals surface area contributed by atoms with Gasteiger partial charge in [-0.15, -0.1) is 0 Å². The molecule has 4 rings (SSSR count). The minimum atomic E-state index is -3.25. The van der Waals surface area contributed by atoms with Crippen LogP contribution >= 0.6 is 0 Å². The Hall–Kier alpha value is -3.64. The third kappa shape index (κ3) is 5.29. The molecule has 0 aliphatic carbocycles. The summed E-state index contributed by atoms with van der Waals surface area (Å²) in [5, 5.41) is 3.46. The van der Waals surface area contributed by atoms with Crippen LogP contribution in [0.2, 0.25) is 0 Å². The van der Waals surface area contributed by atoms with E-state index in [2.05, 4.69) is 41.4 Å². The van der Waals surface area contributed by atoms with Gasteiger partial charge in [-0.2, -0.15) is 4.91 Å². The average Bonchev–Trinajstić information content (AvgIpc) is 2.86. The number of sulfone groups is 1. The van der Waals surface area contributed by atoms with Crippen molar-refractivity contribution in [1.82, 2.24) is 4.98 Å². The van der Waals surface area contributed by atoms with E-state index in [1.54, 1.807) is 24.5 Å². The topological polar surface area (TPSA) is 76.5 Å². The van der Waals surface area contributed by atoms with Crippen molar-refractivity contribution < 1.29 is 8.42 Å². The van der Waals surface area contributed by atoms with E-state index in [4.69, 9.17) is 0 Å². The van der Waals surface area contributed by atoms with Gasteiger partial charge >= 0.3 is 0 Å². The first-order chi connectivity index (χ1) is 16.4. The molecule has 5 nitrogen and oxygen atoms in total. The van der Waals surface area contributed by atoms with E-state index in [9.17, 15) is 13.3 Å². The second-order valence-electron chi connectivity index (χ2n) is 8.47. The first-order valence-corrected chi connectivity index (χ1v) is 12.9. The van der Waals surface area contributed by atoms with Gasteiger partial charge in [0.15, 0.2) is 9.84 Å². The number of pyridine rings is 1. The predicted octanol–water partition coefficient (Wildman–Crippen LogP) is 6.49. The van der Waals surface area contributed by atoms with Crippen LogP contribution in [0.15, 0.2) is 107 Å². The highest BCUT2D eigenvalue weighted by molar-refractivity contribution is 7.90. The summed E-state index contributed by atoms with van der Waals surface area (Å²) in [6.07, 6.45) is 5.08. The number of hydrogen-bond donors (Lipinski definition) is 0. The molecule has 0 aliphatic rings. The minimum absolute atomic E-state index is 0.0488. The van der Waals surface area contributed by atoms with Gasteiger partial charge in [-0.25, -0.2) is 8.42 Å². The van der Waals surface area contributed by atoms with E-state index >= 15 is 0 Å². The summed E-state index contributed by atoms with van der Waals surface area (Å²) >= 11 is 0. The highest BCUT2D eigenvalue weighted by Crippen LogP contribution is 2.38. The maximum Gasteiger partial charge on any atom is 0.175 e. The number of hydrogen-bond acceptors (Lipinski definition) is 5. The molecule has 0 bridgehead atoms. The van der Waals surface area contributed by atoms with Crippen LogP contribution in [0.5, 0.6) is 0 Å². The fourth-order valence-electron chi connectivity index (χ4n) is 4.30. The van der Waals surface area contributed by atoms with Crippen molar-refractivity contribution in [2.75, 3.05) is 6.26 Å². The highest BCUT2D eigenvalue weighted by Gasteiger charge is 2.23. The second kappa shape index (κ2) is 10.1. The molecule has 2 unspecified atom stereocenters. The van der Waals surface area contributed by atoms with Gasteiger partial charge in [-0.3, -0.25) is 4.98 Å². The second-order valence-corrected chi connectivity index (χ2v) is 10.5. The zero-order chi connectivity index (χ0) is 24.1. The maximum atomic E-state index is 11.9. The van der Waals surface area contributed by atoms with E-state index in [0.29, 0.717) is 11.3 Å². The standard InChI is InChI=1S/C28H26N2O3S/c1-20-6-3-4-9-26(20)27(19-28(30-31)22-14-16-29-17-15-22)24-8-5-7-23(18-24)21-10-12-25(13-11-21)34(2,32)33/h3-18,27-28H,19H2,1-2H3. The Kier molecular flexibility index (Phi) is 6.98. The van der Waals surface area contributed by atoms with Gasteiger partial charge in [0.1, 0.15) is 6.04 Å². The van der Waals surface area contributed by atoms with Gasteiger partial charge in [0.05, 0.1) is 4.90 Å². The molecular formula is C28H26N2O3S. The van der Waals surface area contributed by atoms with Crippen molar-refractivity contribution in [1.29, 1.82) is 0 Å². The smallest absolute Gasteiger partial charge is 0.175 e. The summed E-state index contributed by atoms with van der Waals surface area (Å²) in [5.41, 5.74) is 6.12.